The summed E-state index contributed by atoms with van der Waals surface area (Å²) in [5.41, 5.74) is 3.65. The molecule has 1 aliphatic heterocycles. The normalized spacial score (nSPS) is 15.0. The average molecular weight is 450 g/mol. The van der Waals surface area contributed by atoms with Gasteiger partial charge in [-0.15, -0.1) is 0 Å². The fourth-order valence-electron chi connectivity index (χ4n) is 4.32. The monoisotopic (exact) mass is 449 g/mol. The molecule has 6 heteroatoms. The molecule has 5 nitrogen and oxygen atoms in total. The number of fused-ring (bicyclic) bond motifs is 3. The van der Waals surface area contributed by atoms with Crippen molar-refractivity contribution >= 4 is 29.1 Å². The minimum absolute atomic E-state index is 0.0147. The van der Waals surface area contributed by atoms with E-state index in [9.17, 15) is 9.59 Å². The van der Waals surface area contributed by atoms with Crippen molar-refractivity contribution in [2.24, 2.45) is 5.92 Å². The smallest absolute Gasteiger partial charge is 0.247 e. The number of carbonyl (C=O) groups is 2. The second kappa shape index (κ2) is 8.83. The van der Waals surface area contributed by atoms with Crippen LogP contribution in [0, 0.1) is 5.92 Å². The Balaban J connectivity index is 1.83. The topological polar surface area (TPSA) is 45.6 Å². The molecule has 0 bridgehead atoms. The molecule has 32 heavy (non-hydrogen) atoms. The van der Waals surface area contributed by atoms with Crippen LogP contribution in [0.2, 0.25) is 5.02 Å². The molecule has 1 unspecified atom stereocenters. The number of aromatic nitrogens is 1. The Kier molecular flexibility index (Phi) is 6.11. The maximum atomic E-state index is 13.9. The van der Waals surface area contributed by atoms with Crippen molar-refractivity contribution in [1.82, 2.24) is 9.47 Å². The standard InChI is InChI=1S/C26H28ClN3O2/c1-17(2)26(32)29(18(3)4)16-24(31)30-22-12-6-5-11-21(22)28-14-8-13-23(28)25(30)19-9-7-10-20(27)15-19/h5-15,17-18,25H,16H2,1-4H3. The highest BCUT2D eigenvalue weighted by Crippen LogP contribution is 2.42. The summed E-state index contributed by atoms with van der Waals surface area (Å²) >= 11 is 6.33. The summed E-state index contributed by atoms with van der Waals surface area (Å²) < 4.78 is 2.12. The van der Waals surface area contributed by atoms with Crippen molar-refractivity contribution in [3.8, 4) is 5.69 Å². The number of rotatable bonds is 5. The van der Waals surface area contributed by atoms with Crippen molar-refractivity contribution in [1.29, 1.82) is 0 Å². The molecule has 166 valence electrons. The lowest BCUT2D eigenvalue weighted by Crippen LogP contribution is -2.49. The Morgan fingerprint density at radius 3 is 2.34 bits per heavy atom. The van der Waals surface area contributed by atoms with Gasteiger partial charge in [-0.3, -0.25) is 14.5 Å². The number of hydrogen-bond donors (Lipinski definition) is 0. The third-order valence-electron chi connectivity index (χ3n) is 5.86. The highest BCUT2D eigenvalue weighted by Gasteiger charge is 2.37. The molecule has 1 atom stereocenters. The van der Waals surface area contributed by atoms with Gasteiger partial charge in [-0.25, -0.2) is 0 Å². The van der Waals surface area contributed by atoms with Crippen LogP contribution in [0.5, 0.6) is 0 Å². The first-order valence-electron chi connectivity index (χ1n) is 10.9. The summed E-state index contributed by atoms with van der Waals surface area (Å²) in [6.07, 6.45) is 2.01. The van der Waals surface area contributed by atoms with Gasteiger partial charge in [0, 0.05) is 23.2 Å². The molecular weight excluding hydrogens is 422 g/mol. The van der Waals surface area contributed by atoms with E-state index in [1.165, 1.54) is 0 Å². The Morgan fingerprint density at radius 1 is 0.969 bits per heavy atom. The van der Waals surface area contributed by atoms with Gasteiger partial charge in [0.25, 0.3) is 0 Å². The molecule has 2 aromatic carbocycles. The number of halogens is 1. The van der Waals surface area contributed by atoms with Gasteiger partial charge in [-0.05, 0) is 55.8 Å². The molecule has 0 radical (unpaired) electrons. The number of nitrogens with zero attached hydrogens (tertiary/aromatic N) is 3. The maximum absolute atomic E-state index is 13.9. The Bertz CT molecular complexity index is 1150. The third kappa shape index (κ3) is 3.93. The largest absolute Gasteiger partial charge is 0.331 e. The molecule has 0 fully saturated rings. The summed E-state index contributed by atoms with van der Waals surface area (Å²) in [7, 11) is 0. The lowest BCUT2D eigenvalue weighted by atomic mass is 9.97. The molecule has 2 heterocycles. The third-order valence-corrected chi connectivity index (χ3v) is 6.09. The van der Waals surface area contributed by atoms with Gasteiger partial charge >= 0.3 is 0 Å². The fourth-order valence-corrected chi connectivity index (χ4v) is 4.52. The van der Waals surface area contributed by atoms with Crippen LogP contribution >= 0.6 is 11.6 Å². The van der Waals surface area contributed by atoms with Gasteiger partial charge in [0.1, 0.15) is 12.6 Å². The van der Waals surface area contributed by atoms with Crippen LogP contribution in [0.15, 0.2) is 66.9 Å². The Labute approximate surface area is 194 Å². The van der Waals surface area contributed by atoms with E-state index in [0.29, 0.717) is 5.02 Å². The van der Waals surface area contributed by atoms with Crippen LogP contribution in [0.25, 0.3) is 5.69 Å². The summed E-state index contributed by atoms with van der Waals surface area (Å²) in [5, 5.41) is 0.616. The summed E-state index contributed by atoms with van der Waals surface area (Å²) in [6, 6.07) is 19.1. The Morgan fingerprint density at radius 2 is 1.69 bits per heavy atom. The second-order valence-corrected chi connectivity index (χ2v) is 9.16. The molecule has 0 spiro atoms. The quantitative estimate of drug-likeness (QED) is 0.519. The van der Waals surface area contributed by atoms with Crippen LogP contribution in [-0.2, 0) is 9.59 Å². The molecule has 0 saturated carbocycles. The maximum Gasteiger partial charge on any atom is 0.247 e. The van der Waals surface area contributed by atoms with E-state index in [1.807, 2.05) is 99.5 Å². The van der Waals surface area contributed by atoms with E-state index in [-0.39, 0.29) is 36.4 Å². The summed E-state index contributed by atoms with van der Waals surface area (Å²) in [5.74, 6) is -0.335. The second-order valence-electron chi connectivity index (χ2n) is 8.73. The van der Waals surface area contributed by atoms with Crippen molar-refractivity contribution in [3.63, 3.8) is 0 Å². The number of anilines is 1. The first kappa shape index (κ1) is 22.2. The molecular formula is C26H28ClN3O2. The van der Waals surface area contributed by atoms with Gasteiger partial charge in [-0.2, -0.15) is 0 Å². The highest BCUT2D eigenvalue weighted by atomic mass is 35.5. The van der Waals surface area contributed by atoms with E-state index in [2.05, 4.69) is 4.57 Å². The van der Waals surface area contributed by atoms with Crippen molar-refractivity contribution < 1.29 is 9.59 Å². The molecule has 0 saturated heterocycles. The van der Waals surface area contributed by atoms with Crippen LogP contribution in [0.1, 0.15) is 45.0 Å². The van der Waals surface area contributed by atoms with Gasteiger partial charge < -0.3 is 9.47 Å². The van der Waals surface area contributed by atoms with E-state index in [0.717, 1.165) is 22.6 Å². The first-order valence-corrected chi connectivity index (χ1v) is 11.3. The first-order chi connectivity index (χ1) is 15.3. The lowest BCUT2D eigenvalue weighted by Gasteiger charge is -2.40. The van der Waals surface area contributed by atoms with E-state index >= 15 is 0 Å². The molecule has 0 aliphatic carbocycles. The zero-order valence-electron chi connectivity index (χ0n) is 18.8. The number of benzene rings is 2. The predicted octanol–water partition coefficient (Wildman–Crippen LogP) is 5.46. The van der Waals surface area contributed by atoms with Gasteiger partial charge in [0.2, 0.25) is 11.8 Å². The number of carbonyl (C=O) groups excluding carboxylic acids is 2. The minimum Gasteiger partial charge on any atom is -0.331 e. The van der Waals surface area contributed by atoms with Crippen LogP contribution in [0.4, 0.5) is 5.69 Å². The van der Waals surface area contributed by atoms with Crippen molar-refractivity contribution in [2.75, 3.05) is 11.4 Å². The SMILES string of the molecule is CC(C)C(=O)N(CC(=O)N1c2ccccc2-n2cccc2C1c1cccc(Cl)c1)C(C)C. The zero-order chi connectivity index (χ0) is 23.0. The molecule has 1 aliphatic rings. The van der Waals surface area contributed by atoms with Crippen LogP contribution < -0.4 is 4.90 Å². The molecule has 2 amide bonds. The molecule has 0 N–H and O–H groups in total. The number of para-hydroxylation sites is 2. The van der Waals surface area contributed by atoms with Gasteiger partial charge in [0.15, 0.2) is 0 Å². The molecule has 1 aromatic heterocycles. The zero-order valence-corrected chi connectivity index (χ0v) is 19.6. The van der Waals surface area contributed by atoms with Crippen molar-refractivity contribution in [3.05, 3.63) is 83.1 Å². The van der Waals surface area contributed by atoms with Crippen molar-refractivity contribution in [2.45, 2.75) is 39.8 Å². The van der Waals surface area contributed by atoms with E-state index < -0.39 is 0 Å². The minimum atomic E-state index is -0.353. The lowest BCUT2D eigenvalue weighted by molar-refractivity contribution is -0.139. The van der Waals surface area contributed by atoms with Crippen LogP contribution in [-0.4, -0.2) is 33.9 Å². The van der Waals surface area contributed by atoms with Gasteiger partial charge in [-0.1, -0.05) is 49.7 Å². The van der Waals surface area contributed by atoms with E-state index in [4.69, 9.17) is 11.6 Å². The van der Waals surface area contributed by atoms with Gasteiger partial charge in [0.05, 0.1) is 17.1 Å². The fraction of sp³-hybridized carbons (Fsp3) is 0.308. The summed E-state index contributed by atoms with van der Waals surface area (Å²) in [4.78, 5) is 30.2. The Hall–Kier alpha value is -3.05. The van der Waals surface area contributed by atoms with E-state index in [1.54, 1.807) is 4.90 Å². The molecule has 4 rings (SSSR count). The van der Waals surface area contributed by atoms with Crippen LogP contribution in [0.3, 0.4) is 0 Å². The number of hydrogen-bond acceptors (Lipinski definition) is 2. The molecule has 3 aromatic rings. The summed E-state index contributed by atoms with van der Waals surface area (Å²) in [6.45, 7) is 7.62. The predicted molar refractivity (Wildman–Crippen MR) is 128 cm³/mol. The highest BCUT2D eigenvalue weighted by molar-refractivity contribution is 6.30. The average Bonchev–Trinajstić information content (AvgIpc) is 3.25. The number of amides is 2.